The van der Waals surface area contributed by atoms with E-state index < -0.39 is 0 Å². The van der Waals surface area contributed by atoms with Crippen LogP contribution in [-0.4, -0.2) is 9.55 Å². The molecule has 0 N–H and O–H groups in total. The van der Waals surface area contributed by atoms with E-state index in [1.54, 1.807) is 11.3 Å². The minimum Gasteiger partial charge on any atom is -0.309 e. The van der Waals surface area contributed by atoms with Gasteiger partial charge in [0.05, 0.1) is 26.9 Å². The van der Waals surface area contributed by atoms with Gasteiger partial charge in [-0.2, -0.15) is 0 Å². The topological polar surface area (TPSA) is 17.8 Å². The van der Waals surface area contributed by atoms with E-state index in [1.807, 2.05) is 22.7 Å². The first-order chi connectivity index (χ1) is 20.8. The van der Waals surface area contributed by atoms with Crippen LogP contribution >= 0.6 is 34.0 Å². The summed E-state index contributed by atoms with van der Waals surface area (Å²) >= 11 is 5.52. The fourth-order valence-corrected chi connectivity index (χ4v) is 9.76. The lowest BCUT2D eigenvalue weighted by molar-refractivity contribution is 1.20. The van der Waals surface area contributed by atoms with E-state index in [2.05, 4.69) is 126 Å². The van der Waals surface area contributed by atoms with Crippen molar-refractivity contribution in [2.45, 2.75) is 0 Å². The van der Waals surface area contributed by atoms with E-state index >= 15 is 0 Å². The molecule has 4 heterocycles. The molecule has 0 saturated heterocycles. The Bertz CT molecular complexity index is 2670. The first kappa shape index (κ1) is 23.1. The Labute approximate surface area is 252 Å². The van der Waals surface area contributed by atoms with E-state index in [-0.39, 0.29) is 0 Å². The Morgan fingerprint density at radius 1 is 0.452 bits per heavy atom. The lowest BCUT2D eigenvalue weighted by atomic mass is 10.1. The molecule has 0 amide bonds. The van der Waals surface area contributed by atoms with Gasteiger partial charge in [-0.25, -0.2) is 4.98 Å². The maximum atomic E-state index is 4.97. The van der Waals surface area contributed by atoms with Gasteiger partial charge in [0.15, 0.2) is 0 Å². The summed E-state index contributed by atoms with van der Waals surface area (Å²) in [4.78, 5) is 4.97. The number of nitrogens with zero attached hydrogens (tertiary/aromatic N) is 2. The lowest BCUT2D eigenvalue weighted by Gasteiger charge is -2.10. The summed E-state index contributed by atoms with van der Waals surface area (Å²) in [6.45, 7) is 0. The zero-order valence-electron chi connectivity index (χ0n) is 22.2. The number of benzene rings is 6. The molecule has 0 aliphatic heterocycles. The summed E-state index contributed by atoms with van der Waals surface area (Å²) < 4.78 is 8.99. The number of rotatable bonds is 2. The average Bonchev–Trinajstić information content (AvgIpc) is 3.79. The van der Waals surface area contributed by atoms with Crippen LogP contribution < -0.4 is 0 Å². The van der Waals surface area contributed by atoms with Gasteiger partial charge in [-0.1, -0.05) is 60.7 Å². The molecule has 0 fully saturated rings. The molecular formula is C37H20N2S3. The third-order valence-corrected chi connectivity index (χ3v) is 11.8. The molecule has 0 aliphatic carbocycles. The third-order valence-electron chi connectivity index (χ3n) is 8.43. The molecular weight excluding hydrogens is 569 g/mol. The van der Waals surface area contributed by atoms with Gasteiger partial charge in [-0.3, -0.25) is 0 Å². The molecule has 0 spiro atoms. The van der Waals surface area contributed by atoms with E-state index in [0.717, 1.165) is 10.5 Å². The highest BCUT2D eigenvalue weighted by Crippen LogP contribution is 2.44. The highest BCUT2D eigenvalue weighted by atomic mass is 32.1. The first-order valence-corrected chi connectivity index (χ1v) is 16.4. The van der Waals surface area contributed by atoms with Crippen LogP contribution in [0.3, 0.4) is 0 Å². The second-order valence-corrected chi connectivity index (χ2v) is 14.0. The van der Waals surface area contributed by atoms with Crippen LogP contribution in [0, 0.1) is 0 Å². The average molecular weight is 589 g/mol. The van der Waals surface area contributed by atoms with Crippen molar-refractivity contribution < 1.29 is 0 Å². The number of hydrogen-bond acceptors (Lipinski definition) is 4. The molecule has 5 heteroatoms. The number of fused-ring (bicyclic) bond motifs is 10. The highest BCUT2D eigenvalue weighted by Gasteiger charge is 2.19. The molecule has 0 aliphatic rings. The third kappa shape index (κ3) is 3.16. The van der Waals surface area contributed by atoms with Crippen LogP contribution in [0.1, 0.15) is 0 Å². The molecule has 42 heavy (non-hydrogen) atoms. The van der Waals surface area contributed by atoms with Crippen molar-refractivity contribution in [2.24, 2.45) is 0 Å². The first-order valence-electron chi connectivity index (χ1n) is 14.0. The minimum atomic E-state index is 1.06. The highest BCUT2D eigenvalue weighted by molar-refractivity contribution is 7.26. The molecule has 196 valence electrons. The Kier molecular flexibility index (Phi) is 4.66. The molecule has 4 aromatic heterocycles. The Morgan fingerprint density at radius 2 is 1.21 bits per heavy atom. The summed E-state index contributed by atoms with van der Waals surface area (Å²) in [6, 6.07) is 44.5. The summed E-state index contributed by atoms with van der Waals surface area (Å²) in [7, 11) is 0. The Hall–Kier alpha value is -4.55. The second kappa shape index (κ2) is 8.49. The lowest BCUT2D eigenvalue weighted by Crippen LogP contribution is -1.94. The van der Waals surface area contributed by atoms with Crippen molar-refractivity contribution in [1.82, 2.24) is 9.55 Å². The minimum absolute atomic E-state index is 1.06. The summed E-state index contributed by atoms with van der Waals surface area (Å²) in [5.74, 6) is 0. The molecule has 2 nitrogen and oxygen atoms in total. The van der Waals surface area contributed by atoms with Crippen molar-refractivity contribution in [2.75, 3.05) is 0 Å². The maximum Gasteiger partial charge on any atom is 0.124 e. The smallest absolute Gasteiger partial charge is 0.124 e. The monoisotopic (exact) mass is 588 g/mol. The van der Waals surface area contributed by atoms with Gasteiger partial charge in [-0.05, 0) is 60.7 Å². The van der Waals surface area contributed by atoms with Gasteiger partial charge in [-0.15, -0.1) is 34.0 Å². The number of aromatic nitrogens is 2. The predicted octanol–water partition coefficient (Wildman–Crippen LogP) is 11.8. The molecule has 10 rings (SSSR count). The van der Waals surface area contributed by atoms with Gasteiger partial charge in [0.25, 0.3) is 0 Å². The number of thiazole rings is 1. The SMILES string of the molecule is c1ccc2sc(-c3ccc4sc5cccc(-n6c7ccccc7c7cc8c(cc76)sc6ccccc68)c5c4c3)nc2c1. The van der Waals surface area contributed by atoms with E-state index in [9.17, 15) is 0 Å². The van der Waals surface area contributed by atoms with Crippen molar-refractivity contribution in [3.05, 3.63) is 121 Å². The van der Waals surface area contributed by atoms with Crippen LogP contribution in [0.4, 0.5) is 0 Å². The van der Waals surface area contributed by atoms with Crippen molar-refractivity contribution in [3.8, 4) is 16.3 Å². The standard InChI is InChI=1S/C37H20N2S3/c1-4-11-28-22(8-1)24-19-25-23-9-2-5-13-31(23)41-35(25)20-30(24)39(28)29-12-7-15-34-36(29)26-18-21(16-17-32(26)40-34)37-38-27-10-3-6-14-33(27)42-37/h1-20H. The fourth-order valence-electron chi connectivity index (χ4n) is 6.57. The zero-order chi connectivity index (χ0) is 27.4. The molecule has 0 atom stereocenters. The fraction of sp³-hybridized carbons (Fsp3) is 0. The molecule has 0 saturated carbocycles. The second-order valence-electron chi connectivity index (χ2n) is 10.8. The van der Waals surface area contributed by atoms with E-state index in [0.29, 0.717) is 0 Å². The van der Waals surface area contributed by atoms with Gasteiger partial charge < -0.3 is 4.57 Å². The maximum absolute atomic E-state index is 4.97. The Balaban J connectivity index is 1.30. The van der Waals surface area contributed by atoms with E-state index in [1.165, 1.54) is 78.1 Å². The predicted molar refractivity (Wildman–Crippen MR) is 185 cm³/mol. The number of para-hydroxylation sites is 2. The quantitative estimate of drug-likeness (QED) is 0.196. The number of thiophene rings is 2. The van der Waals surface area contributed by atoms with Crippen molar-refractivity contribution in [3.63, 3.8) is 0 Å². The number of hydrogen-bond donors (Lipinski definition) is 0. The van der Waals surface area contributed by atoms with Gasteiger partial charge in [0, 0.05) is 56.7 Å². The molecule has 0 bridgehead atoms. The van der Waals surface area contributed by atoms with Crippen molar-refractivity contribution >= 4 is 106 Å². The molecule has 6 aromatic carbocycles. The van der Waals surface area contributed by atoms with Crippen LogP contribution in [-0.2, 0) is 0 Å². The van der Waals surface area contributed by atoms with Crippen LogP contribution in [0.2, 0.25) is 0 Å². The summed E-state index contributed by atoms with van der Waals surface area (Å²) in [6.07, 6.45) is 0. The van der Waals surface area contributed by atoms with Gasteiger partial charge in [0.2, 0.25) is 0 Å². The molecule has 0 radical (unpaired) electrons. The van der Waals surface area contributed by atoms with Crippen LogP contribution in [0.25, 0.3) is 88.6 Å². The Morgan fingerprint density at radius 3 is 2.14 bits per heavy atom. The summed E-state index contributed by atoms with van der Waals surface area (Å²) in [5, 5.41) is 8.93. The van der Waals surface area contributed by atoms with Gasteiger partial charge in [0.1, 0.15) is 5.01 Å². The normalized spacial score (nSPS) is 12.3. The van der Waals surface area contributed by atoms with Gasteiger partial charge >= 0.3 is 0 Å². The van der Waals surface area contributed by atoms with Crippen LogP contribution in [0.15, 0.2) is 121 Å². The summed E-state index contributed by atoms with van der Waals surface area (Å²) in [5.41, 5.74) is 5.96. The van der Waals surface area contributed by atoms with Crippen molar-refractivity contribution in [1.29, 1.82) is 0 Å². The molecule has 10 aromatic rings. The largest absolute Gasteiger partial charge is 0.309 e. The van der Waals surface area contributed by atoms with E-state index in [4.69, 9.17) is 4.98 Å². The molecule has 0 unspecified atom stereocenters. The zero-order valence-corrected chi connectivity index (χ0v) is 24.6. The van der Waals surface area contributed by atoms with Crippen LogP contribution in [0.5, 0.6) is 0 Å².